The van der Waals surface area contributed by atoms with Gasteiger partial charge < -0.3 is 5.32 Å². The highest BCUT2D eigenvalue weighted by Crippen LogP contribution is 2.24. The van der Waals surface area contributed by atoms with Crippen molar-refractivity contribution in [2.24, 2.45) is 0 Å². The van der Waals surface area contributed by atoms with Crippen LogP contribution in [-0.2, 0) is 0 Å². The van der Waals surface area contributed by atoms with E-state index in [0.717, 1.165) is 15.1 Å². The van der Waals surface area contributed by atoms with Crippen molar-refractivity contribution in [3.63, 3.8) is 0 Å². The molecule has 3 nitrogen and oxygen atoms in total. The Balaban J connectivity index is 3.07. The van der Waals surface area contributed by atoms with Gasteiger partial charge in [0.25, 0.3) is 5.91 Å². The van der Waals surface area contributed by atoms with Gasteiger partial charge in [0.1, 0.15) is 5.69 Å². The molecule has 1 heterocycles. The normalized spacial score (nSPS) is 9.93. The van der Waals surface area contributed by atoms with Gasteiger partial charge in [-0.25, -0.2) is 4.98 Å². The van der Waals surface area contributed by atoms with Gasteiger partial charge in [0, 0.05) is 22.6 Å². The lowest BCUT2D eigenvalue weighted by molar-refractivity contribution is 0.0955. The molecule has 0 unspecified atom stereocenters. The highest BCUT2D eigenvalue weighted by Gasteiger charge is 2.11. The molecule has 0 aliphatic heterocycles. The fraction of sp³-hybridized carbons (Fsp3) is 0.333. The molecule has 1 aromatic heterocycles. The maximum atomic E-state index is 11.4. The summed E-state index contributed by atoms with van der Waals surface area (Å²) in [6.45, 7) is 2.04. The monoisotopic (exact) mass is 274 g/mol. The molecule has 0 aromatic carbocycles. The quantitative estimate of drug-likeness (QED) is 0.861. The molecule has 14 heavy (non-hydrogen) atoms. The van der Waals surface area contributed by atoms with E-state index in [4.69, 9.17) is 0 Å². The second-order valence-corrected chi connectivity index (χ2v) is 4.73. The van der Waals surface area contributed by atoms with E-state index in [-0.39, 0.29) is 5.91 Å². The summed E-state index contributed by atoms with van der Waals surface area (Å²) in [4.78, 5) is 16.4. The number of aromatic nitrogens is 1. The van der Waals surface area contributed by atoms with Crippen LogP contribution in [-0.4, -0.2) is 23.7 Å². The summed E-state index contributed by atoms with van der Waals surface area (Å²) in [5.74, 6) is 0.774. The number of pyridine rings is 1. The summed E-state index contributed by atoms with van der Waals surface area (Å²) >= 11 is 4.94. The Kier molecular flexibility index (Phi) is 4.41. The van der Waals surface area contributed by atoms with Crippen LogP contribution in [0, 0.1) is 0 Å². The van der Waals surface area contributed by atoms with E-state index >= 15 is 0 Å². The predicted molar refractivity (Wildman–Crippen MR) is 61.7 cm³/mol. The molecule has 0 saturated heterocycles. The molecule has 1 rings (SSSR count). The first-order chi connectivity index (χ1) is 6.69. The van der Waals surface area contributed by atoms with Crippen LogP contribution < -0.4 is 5.32 Å². The van der Waals surface area contributed by atoms with Gasteiger partial charge in [-0.3, -0.25) is 4.79 Å². The van der Waals surface area contributed by atoms with Crippen LogP contribution in [0.5, 0.6) is 0 Å². The largest absolute Gasteiger partial charge is 0.354 e. The minimum absolute atomic E-state index is 0.145. The van der Waals surface area contributed by atoms with E-state index < -0.39 is 0 Å². The first-order valence-corrected chi connectivity index (χ1v) is 5.97. The number of amides is 1. The number of hydrogen-bond donors (Lipinski definition) is 1. The van der Waals surface area contributed by atoms with Gasteiger partial charge in [0.05, 0.1) is 0 Å². The van der Waals surface area contributed by atoms with E-state index in [1.165, 1.54) is 0 Å². The van der Waals surface area contributed by atoms with E-state index in [0.29, 0.717) is 5.69 Å². The van der Waals surface area contributed by atoms with Gasteiger partial charge in [-0.05, 0) is 27.7 Å². The topological polar surface area (TPSA) is 42.0 Å². The SMILES string of the molecule is CCSc1cc(Br)cnc1C(=O)NC. The standard InChI is InChI=1S/C9H11BrN2OS/c1-3-14-7-4-6(10)5-12-8(7)9(13)11-2/h4-5H,3H2,1-2H3,(H,11,13). The van der Waals surface area contributed by atoms with Crippen molar-refractivity contribution < 1.29 is 4.79 Å². The van der Waals surface area contributed by atoms with Crippen LogP contribution in [0.3, 0.4) is 0 Å². The summed E-state index contributed by atoms with van der Waals surface area (Å²) in [6.07, 6.45) is 1.63. The Hall–Kier alpha value is -0.550. The molecule has 0 aliphatic carbocycles. The van der Waals surface area contributed by atoms with Gasteiger partial charge in [0.2, 0.25) is 0 Å². The summed E-state index contributed by atoms with van der Waals surface area (Å²) in [5, 5.41) is 2.57. The fourth-order valence-corrected chi connectivity index (χ4v) is 2.26. The zero-order valence-corrected chi connectivity index (χ0v) is 10.4. The number of nitrogens with one attached hydrogen (secondary N) is 1. The zero-order chi connectivity index (χ0) is 10.6. The average molecular weight is 275 g/mol. The van der Waals surface area contributed by atoms with E-state index in [2.05, 4.69) is 26.2 Å². The molecule has 5 heteroatoms. The molecule has 1 amide bonds. The Bertz CT molecular complexity index is 344. The van der Waals surface area contributed by atoms with Crippen LogP contribution in [0.4, 0.5) is 0 Å². The van der Waals surface area contributed by atoms with Gasteiger partial charge in [-0.15, -0.1) is 11.8 Å². The second kappa shape index (κ2) is 5.36. The molecule has 1 aromatic rings. The number of rotatable bonds is 3. The molecule has 0 fully saturated rings. The van der Waals surface area contributed by atoms with Crippen molar-refractivity contribution in [3.8, 4) is 0 Å². The first kappa shape index (κ1) is 11.5. The third kappa shape index (κ3) is 2.72. The fourth-order valence-electron chi connectivity index (χ4n) is 0.975. The highest BCUT2D eigenvalue weighted by atomic mass is 79.9. The van der Waals surface area contributed by atoms with Crippen molar-refractivity contribution in [1.82, 2.24) is 10.3 Å². The average Bonchev–Trinajstić information content (AvgIpc) is 2.17. The van der Waals surface area contributed by atoms with Gasteiger partial charge in [0.15, 0.2) is 0 Å². The van der Waals surface area contributed by atoms with Crippen LogP contribution >= 0.6 is 27.7 Å². The molecular weight excluding hydrogens is 264 g/mol. The lowest BCUT2D eigenvalue weighted by Crippen LogP contribution is -2.20. The number of hydrogen-bond acceptors (Lipinski definition) is 3. The molecular formula is C9H11BrN2OS. The molecule has 0 atom stereocenters. The molecule has 0 spiro atoms. The van der Waals surface area contributed by atoms with E-state index in [1.54, 1.807) is 25.0 Å². The van der Waals surface area contributed by atoms with Crippen molar-refractivity contribution in [1.29, 1.82) is 0 Å². The number of nitrogens with zero attached hydrogens (tertiary/aromatic N) is 1. The maximum absolute atomic E-state index is 11.4. The number of carbonyl (C=O) groups is 1. The molecule has 0 aliphatic rings. The summed E-state index contributed by atoms with van der Waals surface area (Å²) in [6, 6.07) is 1.91. The Morgan fingerprint density at radius 2 is 2.43 bits per heavy atom. The smallest absolute Gasteiger partial charge is 0.270 e. The van der Waals surface area contributed by atoms with Crippen LogP contribution in [0.25, 0.3) is 0 Å². The first-order valence-electron chi connectivity index (χ1n) is 4.19. The van der Waals surface area contributed by atoms with E-state index in [9.17, 15) is 4.79 Å². The zero-order valence-electron chi connectivity index (χ0n) is 8.00. The summed E-state index contributed by atoms with van der Waals surface area (Å²) in [7, 11) is 1.60. The van der Waals surface area contributed by atoms with Crippen LogP contribution in [0.2, 0.25) is 0 Å². The highest BCUT2D eigenvalue weighted by molar-refractivity contribution is 9.10. The molecule has 0 saturated carbocycles. The Labute approximate surface area is 95.8 Å². The predicted octanol–water partition coefficient (Wildman–Crippen LogP) is 2.32. The maximum Gasteiger partial charge on any atom is 0.270 e. The lowest BCUT2D eigenvalue weighted by Gasteiger charge is -2.05. The lowest BCUT2D eigenvalue weighted by atomic mass is 10.3. The van der Waals surface area contributed by atoms with E-state index in [1.807, 2.05) is 13.0 Å². The number of carbonyl (C=O) groups excluding carboxylic acids is 1. The Morgan fingerprint density at radius 3 is 3.00 bits per heavy atom. The molecule has 0 bridgehead atoms. The van der Waals surface area contributed by atoms with Crippen molar-refractivity contribution >= 4 is 33.6 Å². The minimum atomic E-state index is -0.145. The van der Waals surface area contributed by atoms with Crippen molar-refractivity contribution in [2.45, 2.75) is 11.8 Å². The van der Waals surface area contributed by atoms with Gasteiger partial charge in [-0.1, -0.05) is 6.92 Å². The third-order valence-electron chi connectivity index (χ3n) is 1.56. The van der Waals surface area contributed by atoms with Crippen molar-refractivity contribution in [3.05, 3.63) is 22.4 Å². The molecule has 0 radical (unpaired) electrons. The van der Waals surface area contributed by atoms with Crippen LogP contribution in [0.1, 0.15) is 17.4 Å². The van der Waals surface area contributed by atoms with Gasteiger partial charge >= 0.3 is 0 Å². The number of thioether (sulfide) groups is 1. The molecule has 1 N–H and O–H groups in total. The summed E-state index contributed by atoms with van der Waals surface area (Å²) in [5.41, 5.74) is 0.488. The minimum Gasteiger partial charge on any atom is -0.354 e. The Morgan fingerprint density at radius 1 is 1.71 bits per heavy atom. The van der Waals surface area contributed by atoms with Gasteiger partial charge in [-0.2, -0.15) is 0 Å². The third-order valence-corrected chi connectivity index (χ3v) is 2.91. The van der Waals surface area contributed by atoms with Crippen LogP contribution in [0.15, 0.2) is 21.6 Å². The molecule has 76 valence electrons. The van der Waals surface area contributed by atoms with Crippen molar-refractivity contribution in [2.75, 3.05) is 12.8 Å². The number of halogens is 1. The second-order valence-electron chi connectivity index (χ2n) is 2.51. The summed E-state index contributed by atoms with van der Waals surface area (Å²) < 4.78 is 0.890.